The second kappa shape index (κ2) is 10.1. The van der Waals surface area contributed by atoms with Gasteiger partial charge in [-0.25, -0.2) is 4.79 Å². The van der Waals surface area contributed by atoms with E-state index in [2.05, 4.69) is 0 Å². The van der Waals surface area contributed by atoms with Crippen LogP contribution in [0.15, 0.2) is 0 Å². The summed E-state index contributed by atoms with van der Waals surface area (Å²) in [7, 11) is 0. The molecule has 6 heavy (non-hydrogen) atoms. The van der Waals surface area contributed by atoms with Gasteiger partial charge >= 0.3 is 75.0 Å². The van der Waals surface area contributed by atoms with Crippen molar-refractivity contribution in [3.8, 4) is 0 Å². The molecule has 0 aromatic carbocycles. The molecule has 0 aromatic heterocycles. The van der Waals surface area contributed by atoms with Gasteiger partial charge in [0.15, 0.2) is 0 Å². The standard InChI is InChI=1S/CH2O3.Cs.HI.H/c2-1(3)4;;;/h(H2,2,3,4);;1H;. The molecule has 3 nitrogen and oxygen atoms in total. The monoisotopic (exact) mass is 324 g/mol. The summed E-state index contributed by atoms with van der Waals surface area (Å²) in [4.78, 5) is 8.56. The molecule has 0 atom stereocenters. The fourth-order valence-corrected chi connectivity index (χ4v) is 0. The third-order valence-corrected chi connectivity index (χ3v) is 0. The van der Waals surface area contributed by atoms with Gasteiger partial charge in [-0.3, -0.25) is 0 Å². The topological polar surface area (TPSA) is 57.5 Å². The van der Waals surface area contributed by atoms with Gasteiger partial charge in [0.25, 0.3) is 0 Å². The van der Waals surface area contributed by atoms with Crippen LogP contribution >= 0.6 is 24.0 Å². The van der Waals surface area contributed by atoms with Crippen molar-refractivity contribution in [2.24, 2.45) is 0 Å². The van der Waals surface area contributed by atoms with E-state index in [0.29, 0.717) is 0 Å². The van der Waals surface area contributed by atoms with Crippen LogP contribution < -0.4 is 0 Å². The summed E-state index contributed by atoms with van der Waals surface area (Å²) >= 11 is 0. The molecule has 0 spiro atoms. The Balaban J connectivity index is -0.0000000450. The van der Waals surface area contributed by atoms with Crippen LogP contribution in [0, 0.1) is 0 Å². The Labute approximate surface area is 111 Å². The molecule has 0 rings (SSSR count). The summed E-state index contributed by atoms with van der Waals surface area (Å²) < 4.78 is 0. The van der Waals surface area contributed by atoms with Crippen LogP contribution in [0.1, 0.15) is 0 Å². The minimum absolute atomic E-state index is 0. The molecule has 0 saturated carbocycles. The van der Waals surface area contributed by atoms with Crippen LogP contribution in [0.25, 0.3) is 0 Å². The maximum atomic E-state index is 8.56. The molecule has 34 valence electrons. The van der Waals surface area contributed by atoms with Crippen molar-refractivity contribution in [1.82, 2.24) is 0 Å². The fourth-order valence-electron chi connectivity index (χ4n) is 0. The Morgan fingerprint density at radius 3 is 1.33 bits per heavy atom. The number of hydrogen-bond donors (Lipinski definition) is 2. The zero-order valence-corrected chi connectivity index (χ0v) is 4.54. The summed E-state index contributed by atoms with van der Waals surface area (Å²) in [5.41, 5.74) is 0. The van der Waals surface area contributed by atoms with Crippen molar-refractivity contribution in [2.45, 2.75) is 0 Å². The van der Waals surface area contributed by atoms with Crippen LogP contribution in [0.5, 0.6) is 0 Å². The summed E-state index contributed by atoms with van der Waals surface area (Å²) in [6, 6.07) is 0. The van der Waals surface area contributed by atoms with E-state index in [1.807, 2.05) is 0 Å². The van der Waals surface area contributed by atoms with E-state index in [9.17, 15) is 0 Å². The van der Waals surface area contributed by atoms with Crippen molar-refractivity contribution in [2.75, 3.05) is 0 Å². The van der Waals surface area contributed by atoms with Crippen LogP contribution in [0.3, 0.4) is 0 Å². The van der Waals surface area contributed by atoms with Crippen molar-refractivity contribution in [3.05, 3.63) is 0 Å². The van der Waals surface area contributed by atoms with E-state index in [0.717, 1.165) is 0 Å². The summed E-state index contributed by atoms with van der Waals surface area (Å²) in [5, 5.41) is 13.9. The molecule has 0 aliphatic heterocycles. The van der Waals surface area contributed by atoms with Crippen molar-refractivity contribution < 1.29 is 15.0 Å². The number of rotatable bonds is 0. The van der Waals surface area contributed by atoms with Crippen LogP contribution in [0.4, 0.5) is 4.79 Å². The molecule has 0 radical (unpaired) electrons. The first-order chi connectivity index (χ1) is 1.73. The van der Waals surface area contributed by atoms with Crippen molar-refractivity contribution in [3.63, 3.8) is 0 Å². The maximum absolute atomic E-state index is 8.56. The Morgan fingerprint density at radius 1 is 1.33 bits per heavy atom. The van der Waals surface area contributed by atoms with E-state index in [-0.39, 0.29) is 92.9 Å². The number of carboxylic acid groups (broad SMARTS) is 2. The van der Waals surface area contributed by atoms with E-state index in [4.69, 9.17) is 15.0 Å². The molecule has 5 heteroatoms. The first kappa shape index (κ1) is 15.7. The molecule has 0 saturated heterocycles. The Kier molecular flexibility index (Phi) is 26.5. The molecule has 2 N–H and O–H groups in total. The molecule has 0 unspecified atom stereocenters. The Bertz CT molecular complexity index is 33.8. The van der Waals surface area contributed by atoms with Crippen LogP contribution in [-0.4, -0.2) is 85.3 Å². The second-order valence-corrected chi connectivity index (χ2v) is 0.283. The summed E-state index contributed by atoms with van der Waals surface area (Å²) in [6.07, 6.45) is -1.83. The average molecular weight is 324 g/mol. The van der Waals surface area contributed by atoms with Gasteiger partial charge in [-0.2, -0.15) is 0 Å². The molecule has 0 aromatic rings. The molecule has 0 amide bonds. The van der Waals surface area contributed by atoms with E-state index in [1.54, 1.807) is 0 Å². The number of hydrogen-bond acceptors (Lipinski definition) is 1. The zero-order valence-electron chi connectivity index (χ0n) is 2.21. The molecule has 0 fully saturated rings. The fraction of sp³-hybridized carbons (Fsp3) is 0. The SMILES string of the molecule is I.O=C(O)O.[CsH]. The molecule has 0 heterocycles. The normalized spacial score (nSPS) is 4.00. The van der Waals surface area contributed by atoms with Crippen molar-refractivity contribution >= 4 is 99.0 Å². The average Bonchev–Trinajstić information content (AvgIpc) is 0.811. The van der Waals surface area contributed by atoms with E-state index >= 15 is 0 Å². The second-order valence-electron chi connectivity index (χ2n) is 0.283. The van der Waals surface area contributed by atoms with Gasteiger partial charge in [0.05, 0.1) is 0 Å². The first-order valence-electron chi connectivity index (χ1n) is 0.651. The van der Waals surface area contributed by atoms with Gasteiger partial charge in [-0.05, 0) is 0 Å². The Morgan fingerprint density at radius 2 is 1.33 bits per heavy atom. The van der Waals surface area contributed by atoms with Gasteiger partial charge in [-0.1, -0.05) is 0 Å². The molecular weight excluding hydrogens is 320 g/mol. The van der Waals surface area contributed by atoms with E-state index < -0.39 is 6.16 Å². The van der Waals surface area contributed by atoms with Gasteiger partial charge in [0.2, 0.25) is 0 Å². The predicted molar refractivity (Wildman–Crippen MR) is 33.2 cm³/mol. The third kappa shape index (κ3) is 36.7. The van der Waals surface area contributed by atoms with Gasteiger partial charge in [0, 0.05) is 0 Å². The molecule has 0 aliphatic rings. The quantitative estimate of drug-likeness (QED) is 0.626. The predicted octanol–water partition coefficient (Wildman–Crippen LogP) is 0.192. The summed E-state index contributed by atoms with van der Waals surface area (Å²) in [6.45, 7) is 0. The third-order valence-electron chi connectivity index (χ3n) is 0. The molecule has 0 bridgehead atoms. The molecular formula is CH4CsIO3. The summed E-state index contributed by atoms with van der Waals surface area (Å²) in [5.74, 6) is 0. The number of carbonyl (C=O) groups is 1. The van der Waals surface area contributed by atoms with E-state index in [1.165, 1.54) is 0 Å². The van der Waals surface area contributed by atoms with Gasteiger partial charge in [0.1, 0.15) is 0 Å². The van der Waals surface area contributed by atoms with Crippen LogP contribution in [0.2, 0.25) is 0 Å². The molecule has 0 aliphatic carbocycles. The van der Waals surface area contributed by atoms with Crippen LogP contribution in [-0.2, 0) is 0 Å². The minimum atomic E-state index is -1.83. The van der Waals surface area contributed by atoms with Crippen molar-refractivity contribution in [1.29, 1.82) is 0 Å². The van der Waals surface area contributed by atoms with Gasteiger partial charge < -0.3 is 10.2 Å². The Hall–Kier alpha value is 2.05. The number of halogens is 1. The first-order valence-corrected chi connectivity index (χ1v) is 0.651. The van der Waals surface area contributed by atoms with Gasteiger partial charge in [-0.15, -0.1) is 24.0 Å². The zero-order chi connectivity index (χ0) is 3.58.